The van der Waals surface area contributed by atoms with Crippen molar-refractivity contribution < 1.29 is 22.5 Å². The Morgan fingerprint density at radius 3 is 2.32 bits per heavy atom. The Balaban J connectivity index is 1.49. The average molecular weight is 487 g/mol. The molecule has 34 heavy (non-hydrogen) atoms. The third-order valence-electron chi connectivity index (χ3n) is 5.05. The molecule has 9 nitrogen and oxygen atoms in total. The smallest absolute Gasteiger partial charge is 0.262 e. The van der Waals surface area contributed by atoms with E-state index in [-0.39, 0.29) is 29.4 Å². The molecule has 0 spiro atoms. The number of carbonyl (C=O) groups is 1. The van der Waals surface area contributed by atoms with E-state index in [0.29, 0.717) is 36.0 Å². The van der Waals surface area contributed by atoms with Crippen LogP contribution < -0.4 is 14.8 Å². The van der Waals surface area contributed by atoms with Gasteiger partial charge in [0.25, 0.3) is 5.91 Å². The minimum absolute atomic E-state index is 0.144. The summed E-state index contributed by atoms with van der Waals surface area (Å²) in [6.07, 6.45) is 1.22. The first kappa shape index (κ1) is 25.4. The SMILES string of the molecule is CC[C@H](C)NS(=O)(=O)c1ccc(OCC(=O)Nc2ccc(Cc3noc(C(C)C)n3)cc2)cc1. The van der Waals surface area contributed by atoms with E-state index in [0.717, 1.165) is 5.56 Å². The number of anilines is 1. The van der Waals surface area contributed by atoms with Crippen LogP contribution in [0.1, 0.15) is 57.3 Å². The Kier molecular flexibility index (Phi) is 8.41. The van der Waals surface area contributed by atoms with E-state index >= 15 is 0 Å². The van der Waals surface area contributed by atoms with E-state index < -0.39 is 10.0 Å². The maximum Gasteiger partial charge on any atom is 0.262 e. The number of aromatic nitrogens is 2. The molecule has 0 aliphatic heterocycles. The average Bonchev–Trinajstić information content (AvgIpc) is 3.28. The maximum absolute atomic E-state index is 12.3. The number of amides is 1. The molecule has 1 atom stereocenters. The van der Waals surface area contributed by atoms with Crippen LogP contribution in [0.2, 0.25) is 0 Å². The van der Waals surface area contributed by atoms with Gasteiger partial charge in [0, 0.05) is 24.1 Å². The molecule has 3 aromatic rings. The van der Waals surface area contributed by atoms with Crippen LogP contribution in [0, 0.1) is 0 Å². The molecule has 1 amide bonds. The van der Waals surface area contributed by atoms with Crippen LogP contribution in [0.15, 0.2) is 57.9 Å². The zero-order valence-electron chi connectivity index (χ0n) is 19.7. The van der Waals surface area contributed by atoms with Crippen LogP contribution in [0.3, 0.4) is 0 Å². The van der Waals surface area contributed by atoms with Gasteiger partial charge in [-0.15, -0.1) is 0 Å². The van der Waals surface area contributed by atoms with Crippen molar-refractivity contribution in [1.82, 2.24) is 14.9 Å². The molecule has 0 saturated heterocycles. The molecule has 10 heteroatoms. The molecule has 0 fully saturated rings. The van der Waals surface area contributed by atoms with Crippen molar-refractivity contribution in [3.05, 3.63) is 65.8 Å². The van der Waals surface area contributed by atoms with Crippen LogP contribution in [0.25, 0.3) is 0 Å². The topological polar surface area (TPSA) is 123 Å². The molecule has 0 bridgehead atoms. The van der Waals surface area contributed by atoms with E-state index in [9.17, 15) is 13.2 Å². The van der Waals surface area contributed by atoms with Crippen molar-refractivity contribution in [2.75, 3.05) is 11.9 Å². The van der Waals surface area contributed by atoms with E-state index in [1.54, 1.807) is 19.1 Å². The van der Waals surface area contributed by atoms with Gasteiger partial charge in [0.05, 0.1) is 4.90 Å². The lowest BCUT2D eigenvalue weighted by atomic mass is 10.1. The van der Waals surface area contributed by atoms with Crippen molar-refractivity contribution in [3.8, 4) is 5.75 Å². The van der Waals surface area contributed by atoms with Gasteiger partial charge in [-0.3, -0.25) is 4.79 Å². The third-order valence-corrected chi connectivity index (χ3v) is 6.66. The van der Waals surface area contributed by atoms with Crippen molar-refractivity contribution in [2.24, 2.45) is 0 Å². The van der Waals surface area contributed by atoms with Crippen molar-refractivity contribution in [1.29, 1.82) is 0 Å². The number of ether oxygens (including phenoxy) is 1. The number of nitrogens with one attached hydrogen (secondary N) is 2. The lowest BCUT2D eigenvalue weighted by molar-refractivity contribution is -0.118. The van der Waals surface area contributed by atoms with Crippen LogP contribution in [0.5, 0.6) is 5.75 Å². The number of benzene rings is 2. The fraction of sp³-hybridized carbons (Fsp3) is 0.375. The molecule has 182 valence electrons. The van der Waals surface area contributed by atoms with Gasteiger partial charge in [0.2, 0.25) is 15.9 Å². The number of hydrogen-bond donors (Lipinski definition) is 2. The Hall–Kier alpha value is -3.24. The van der Waals surface area contributed by atoms with Crippen molar-refractivity contribution in [3.63, 3.8) is 0 Å². The molecule has 0 aliphatic rings. The second-order valence-corrected chi connectivity index (χ2v) is 10.0. The standard InChI is InChI=1S/C24H30N4O5S/c1-5-17(4)28-34(30,31)21-12-10-20(11-13-21)32-15-23(29)25-19-8-6-18(7-9-19)14-22-26-24(16(2)3)33-27-22/h6-13,16-17,28H,5,14-15H2,1-4H3,(H,25,29)/t17-/m0/s1. The fourth-order valence-corrected chi connectivity index (χ4v) is 4.27. The predicted molar refractivity (Wildman–Crippen MR) is 128 cm³/mol. The second kappa shape index (κ2) is 11.3. The molecule has 0 radical (unpaired) electrons. The first-order valence-corrected chi connectivity index (χ1v) is 12.6. The highest BCUT2D eigenvalue weighted by molar-refractivity contribution is 7.89. The summed E-state index contributed by atoms with van der Waals surface area (Å²) >= 11 is 0. The first-order valence-electron chi connectivity index (χ1n) is 11.1. The van der Waals surface area contributed by atoms with Crippen molar-refractivity contribution in [2.45, 2.75) is 57.4 Å². The molecule has 0 unspecified atom stereocenters. The normalized spacial score (nSPS) is 12.5. The van der Waals surface area contributed by atoms with Crippen LogP contribution in [-0.4, -0.2) is 37.1 Å². The summed E-state index contributed by atoms with van der Waals surface area (Å²) in [5.41, 5.74) is 1.62. The van der Waals surface area contributed by atoms with E-state index in [1.165, 1.54) is 24.3 Å². The van der Waals surface area contributed by atoms with Gasteiger partial charge in [0.15, 0.2) is 12.4 Å². The summed E-state index contributed by atoms with van der Waals surface area (Å²) in [5, 5.41) is 6.75. The largest absolute Gasteiger partial charge is 0.484 e. The number of nitrogens with zero attached hydrogens (tertiary/aromatic N) is 2. The monoisotopic (exact) mass is 486 g/mol. The number of carbonyl (C=O) groups excluding carboxylic acids is 1. The lowest BCUT2D eigenvalue weighted by Gasteiger charge is -2.12. The van der Waals surface area contributed by atoms with Gasteiger partial charge in [-0.1, -0.05) is 38.1 Å². The summed E-state index contributed by atoms with van der Waals surface area (Å²) in [4.78, 5) is 16.7. The first-order chi connectivity index (χ1) is 16.2. The quantitative estimate of drug-likeness (QED) is 0.421. The summed E-state index contributed by atoms with van der Waals surface area (Å²) in [6, 6.07) is 13.1. The highest BCUT2D eigenvalue weighted by Gasteiger charge is 2.16. The molecule has 2 N–H and O–H groups in total. The van der Waals surface area contributed by atoms with E-state index in [1.807, 2.05) is 32.9 Å². The summed E-state index contributed by atoms with van der Waals surface area (Å²) in [7, 11) is -3.58. The van der Waals surface area contributed by atoms with E-state index in [2.05, 4.69) is 20.2 Å². The number of hydrogen-bond acceptors (Lipinski definition) is 7. The maximum atomic E-state index is 12.3. The molecular weight excluding hydrogens is 456 g/mol. The van der Waals surface area contributed by atoms with Gasteiger partial charge in [-0.25, -0.2) is 13.1 Å². The van der Waals surface area contributed by atoms with Gasteiger partial charge in [0.1, 0.15) is 5.75 Å². The second-order valence-electron chi connectivity index (χ2n) is 8.32. The Labute approximate surface area is 200 Å². The van der Waals surface area contributed by atoms with Crippen LogP contribution in [0.4, 0.5) is 5.69 Å². The highest BCUT2D eigenvalue weighted by atomic mass is 32.2. The summed E-state index contributed by atoms with van der Waals surface area (Å²) < 4.78 is 37.9. The molecule has 3 rings (SSSR count). The van der Waals surface area contributed by atoms with Gasteiger partial charge in [-0.2, -0.15) is 4.98 Å². The molecule has 0 aliphatic carbocycles. The zero-order chi connectivity index (χ0) is 24.7. The van der Waals surface area contributed by atoms with Gasteiger partial charge < -0.3 is 14.6 Å². The van der Waals surface area contributed by atoms with Gasteiger partial charge >= 0.3 is 0 Å². The molecule has 1 aromatic heterocycles. The minimum Gasteiger partial charge on any atom is -0.484 e. The Morgan fingerprint density at radius 2 is 1.74 bits per heavy atom. The molecular formula is C24H30N4O5S. The Bertz CT molecular complexity index is 1190. The fourth-order valence-electron chi connectivity index (χ4n) is 2.94. The Morgan fingerprint density at radius 1 is 1.06 bits per heavy atom. The highest BCUT2D eigenvalue weighted by Crippen LogP contribution is 2.18. The summed E-state index contributed by atoms with van der Waals surface area (Å²) in [5.74, 6) is 1.47. The van der Waals surface area contributed by atoms with Crippen molar-refractivity contribution >= 4 is 21.6 Å². The third kappa shape index (κ3) is 7.13. The van der Waals surface area contributed by atoms with E-state index in [4.69, 9.17) is 9.26 Å². The minimum atomic E-state index is -3.58. The molecule has 1 heterocycles. The number of sulfonamides is 1. The lowest BCUT2D eigenvalue weighted by Crippen LogP contribution is -2.31. The zero-order valence-corrected chi connectivity index (χ0v) is 20.6. The molecule has 0 saturated carbocycles. The van der Waals surface area contributed by atoms with Gasteiger partial charge in [-0.05, 0) is 55.3 Å². The van der Waals surface area contributed by atoms with Crippen LogP contribution in [-0.2, 0) is 21.2 Å². The predicted octanol–water partition coefficient (Wildman–Crippen LogP) is 3.88. The van der Waals surface area contributed by atoms with Crippen LogP contribution >= 0.6 is 0 Å². The molecule has 2 aromatic carbocycles. The number of rotatable bonds is 11. The summed E-state index contributed by atoms with van der Waals surface area (Å²) in [6.45, 7) is 7.48.